The Hall–Kier alpha value is -4.11. The molecule has 33 heavy (non-hydrogen) atoms. The summed E-state index contributed by atoms with van der Waals surface area (Å²) in [6, 6.07) is 19.1. The van der Waals surface area contributed by atoms with Gasteiger partial charge in [-0.25, -0.2) is 4.79 Å². The summed E-state index contributed by atoms with van der Waals surface area (Å²) < 4.78 is 6.32. The number of amidine groups is 1. The summed E-state index contributed by atoms with van der Waals surface area (Å²) in [6.45, 7) is 0.123. The number of carbonyl (C=O) groups is 2. The molecule has 0 saturated carbocycles. The van der Waals surface area contributed by atoms with Gasteiger partial charge in [-0.1, -0.05) is 54.6 Å². The smallest absolute Gasteiger partial charge is 0.412 e. The van der Waals surface area contributed by atoms with E-state index in [2.05, 4.69) is 10.6 Å². The van der Waals surface area contributed by atoms with E-state index in [1.807, 2.05) is 30.3 Å². The van der Waals surface area contributed by atoms with Crippen LogP contribution in [0, 0.1) is 5.41 Å². The maximum absolute atomic E-state index is 12.6. The molecular formula is C23H24ClN5O4. The molecule has 2 amide bonds. The van der Waals surface area contributed by atoms with E-state index in [-0.39, 0.29) is 49.5 Å². The SMILES string of the molecule is Cl.N=C(N)c1ccc(CNC(=O)Cn2cccc(NC(=O)OCc3ccccc3)c2=O)cc1. The lowest BCUT2D eigenvalue weighted by atomic mass is 10.1. The van der Waals surface area contributed by atoms with E-state index in [1.165, 1.54) is 16.8 Å². The average Bonchev–Trinajstić information content (AvgIpc) is 2.80. The summed E-state index contributed by atoms with van der Waals surface area (Å²) >= 11 is 0. The molecule has 0 bridgehead atoms. The Kier molecular flexibility index (Phi) is 9.19. The zero-order valence-electron chi connectivity index (χ0n) is 17.6. The lowest BCUT2D eigenvalue weighted by molar-refractivity contribution is -0.121. The van der Waals surface area contributed by atoms with Crippen LogP contribution in [0.25, 0.3) is 0 Å². The van der Waals surface area contributed by atoms with Crippen LogP contribution in [0.5, 0.6) is 0 Å². The summed E-state index contributed by atoms with van der Waals surface area (Å²) in [6.07, 6.45) is 0.700. The van der Waals surface area contributed by atoms with Crippen LogP contribution in [0.1, 0.15) is 16.7 Å². The third-order valence-electron chi connectivity index (χ3n) is 4.54. The normalized spacial score (nSPS) is 9.94. The van der Waals surface area contributed by atoms with Crippen LogP contribution in [-0.2, 0) is 29.2 Å². The van der Waals surface area contributed by atoms with Gasteiger partial charge >= 0.3 is 6.09 Å². The van der Waals surface area contributed by atoms with Crippen molar-refractivity contribution in [3.05, 3.63) is 100.0 Å². The molecule has 2 aromatic carbocycles. The second-order valence-electron chi connectivity index (χ2n) is 6.93. The van der Waals surface area contributed by atoms with Gasteiger partial charge in [0, 0.05) is 18.3 Å². The number of nitrogens with zero attached hydrogens (tertiary/aromatic N) is 1. The second kappa shape index (κ2) is 12.1. The zero-order chi connectivity index (χ0) is 22.9. The molecule has 0 saturated heterocycles. The minimum atomic E-state index is -0.762. The predicted octanol–water partition coefficient (Wildman–Crippen LogP) is 2.62. The fourth-order valence-corrected chi connectivity index (χ4v) is 2.84. The highest BCUT2D eigenvalue weighted by Crippen LogP contribution is 2.05. The van der Waals surface area contributed by atoms with Gasteiger partial charge in [-0.2, -0.15) is 0 Å². The predicted molar refractivity (Wildman–Crippen MR) is 128 cm³/mol. The number of anilines is 1. The number of ether oxygens (including phenoxy) is 1. The van der Waals surface area contributed by atoms with E-state index in [4.69, 9.17) is 15.9 Å². The Morgan fingerprint density at radius 1 is 0.970 bits per heavy atom. The molecule has 3 aromatic rings. The number of halogens is 1. The van der Waals surface area contributed by atoms with Gasteiger partial charge in [-0.05, 0) is 23.3 Å². The largest absolute Gasteiger partial charge is 0.444 e. The molecule has 3 rings (SSSR count). The molecule has 1 aromatic heterocycles. The number of pyridine rings is 1. The first-order valence-corrected chi connectivity index (χ1v) is 9.79. The molecule has 9 nitrogen and oxygen atoms in total. The van der Waals surface area contributed by atoms with Crippen molar-refractivity contribution in [2.24, 2.45) is 5.73 Å². The topological polar surface area (TPSA) is 139 Å². The number of hydrogen-bond donors (Lipinski definition) is 4. The number of nitrogens with two attached hydrogens (primary N) is 1. The first-order chi connectivity index (χ1) is 15.4. The molecule has 172 valence electrons. The molecule has 0 atom stereocenters. The van der Waals surface area contributed by atoms with Crippen molar-refractivity contribution >= 4 is 35.9 Å². The Morgan fingerprint density at radius 3 is 2.33 bits per heavy atom. The fourth-order valence-electron chi connectivity index (χ4n) is 2.84. The number of amides is 2. The van der Waals surface area contributed by atoms with E-state index in [0.29, 0.717) is 5.56 Å². The Morgan fingerprint density at radius 2 is 1.67 bits per heavy atom. The molecule has 0 unspecified atom stereocenters. The number of nitrogen functional groups attached to an aromatic ring is 1. The molecule has 1 heterocycles. The highest BCUT2D eigenvalue weighted by Gasteiger charge is 2.11. The van der Waals surface area contributed by atoms with Gasteiger partial charge in [0.05, 0.1) is 0 Å². The van der Waals surface area contributed by atoms with E-state index < -0.39 is 11.7 Å². The lowest BCUT2D eigenvalue weighted by Crippen LogP contribution is -2.33. The summed E-state index contributed by atoms with van der Waals surface area (Å²) in [5.74, 6) is -0.399. The second-order valence-corrected chi connectivity index (χ2v) is 6.93. The average molecular weight is 470 g/mol. The maximum Gasteiger partial charge on any atom is 0.412 e. The van der Waals surface area contributed by atoms with Crippen LogP contribution in [-0.4, -0.2) is 22.4 Å². The van der Waals surface area contributed by atoms with E-state index >= 15 is 0 Å². The Labute approximate surface area is 196 Å². The third kappa shape index (κ3) is 7.51. The minimum absolute atomic E-state index is 0. The molecule has 0 aliphatic rings. The maximum atomic E-state index is 12.6. The Balaban J connectivity index is 0.00000385. The quantitative estimate of drug-likeness (QED) is 0.296. The first kappa shape index (κ1) is 25.2. The van der Waals surface area contributed by atoms with Crippen LogP contribution in [0.2, 0.25) is 0 Å². The fraction of sp³-hybridized carbons (Fsp3) is 0.130. The first-order valence-electron chi connectivity index (χ1n) is 9.79. The molecule has 0 radical (unpaired) electrons. The monoisotopic (exact) mass is 469 g/mol. The molecule has 0 aliphatic carbocycles. The van der Waals surface area contributed by atoms with Gasteiger partial charge in [0.2, 0.25) is 5.91 Å². The van der Waals surface area contributed by atoms with Crippen molar-refractivity contribution < 1.29 is 14.3 Å². The lowest BCUT2D eigenvalue weighted by Gasteiger charge is -2.10. The van der Waals surface area contributed by atoms with Crippen LogP contribution in [0.4, 0.5) is 10.5 Å². The van der Waals surface area contributed by atoms with Gasteiger partial charge in [0.15, 0.2) is 0 Å². The van der Waals surface area contributed by atoms with Gasteiger partial charge < -0.3 is 20.4 Å². The third-order valence-corrected chi connectivity index (χ3v) is 4.54. The molecule has 0 fully saturated rings. The van der Waals surface area contributed by atoms with Gasteiger partial charge in [0.1, 0.15) is 24.7 Å². The van der Waals surface area contributed by atoms with Gasteiger partial charge in [0.25, 0.3) is 5.56 Å². The van der Waals surface area contributed by atoms with Crippen LogP contribution in [0.3, 0.4) is 0 Å². The Bertz CT molecular complexity index is 1160. The van der Waals surface area contributed by atoms with E-state index in [9.17, 15) is 14.4 Å². The zero-order valence-corrected chi connectivity index (χ0v) is 18.4. The van der Waals surface area contributed by atoms with Crippen molar-refractivity contribution in [1.82, 2.24) is 9.88 Å². The number of benzene rings is 2. The van der Waals surface area contributed by atoms with Crippen molar-refractivity contribution in [3.8, 4) is 0 Å². The number of hydrogen-bond acceptors (Lipinski definition) is 5. The summed E-state index contributed by atoms with van der Waals surface area (Å²) in [4.78, 5) is 36.9. The number of nitrogens with one attached hydrogen (secondary N) is 3. The standard InChI is InChI=1S/C23H23N5O4.ClH/c24-21(25)18-10-8-16(9-11-18)13-26-20(29)14-28-12-4-7-19(22(28)30)27-23(31)32-15-17-5-2-1-3-6-17;/h1-12H,13-15H2,(H3,24,25)(H,26,29)(H,27,31);1H. The summed E-state index contributed by atoms with van der Waals surface area (Å²) in [7, 11) is 0. The summed E-state index contributed by atoms with van der Waals surface area (Å²) in [5.41, 5.74) is 7.15. The molecule has 0 spiro atoms. The van der Waals surface area contributed by atoms with Crippen molar-refractivity contribution in [2.75, 3.05) is 5.32 Å². The van der Waals surface area contributed by atoms with Crippen molar-refractivity contribution in [2.45, 2.75) is 19.7 Å². The van der Waals surface area contributed by atoms with E-state index in [0.717, 1.165) is 11.1 Å². The number of aromatic nitrogens is 1. The summed E-state index contributed by atoms with van der Waals surface area (Å²) in [5, 5.41) is 12.5. The van der Waals surface area contributed by atoms with E-state index in [1.54, 1.807) is 30.3 Å². The number of carbonyl (C=O) groups excluding carboxylic acids is 2. The van der Waals surface area contributed by atoms with Crippen LogP contribution >= 0.6 is 12.4 Å². The molecule has 5 N–H and O–H groups in total. The highest BCUT2D eigenvalue weighted by molar-refractivity contribution is 5.94. The molecule has 0 aliphatic heterocycles. The van der Waals surface area contributed by atoms with Crippen LogP contribution in [0.15, 0.2) is 77.7 Å². The molecule has 10 heteroatoms. The highest BCUT2D eigenvalue weighted by atomic mass is 35.5. The minimum Gasteiger partial charge on any atom is -0.444 e. The van der Waals surface area contributed by atoms with Gasteiger partial charge in [-0.15, -0.1) is 12.4 Å². The van der Waals surface area contributed by atoms with Crippen molar-refractivity contribution in [3.63, 3.8) is 0 Å². The molecular weight excluding hydrogens is 446 g/mol. The van der Waals surface area contributed by atoms with Crippen LogP contribution < -0.4 is 21.9 Å². The van der Waals surface area contributed by atoms with Crippen molar-refractivity contribution in [1.29, 1.82) is 5.41 Å². The van der Waals surface area contributed by atoms with Gasteiger partial charge in [-0.3, -0.25) is 20.3 Å². The number of rotatable bonds is 8.